The minimum absolute atomic E-state index is 0.226. The van der Waals surface area contributed by atoms with Gasteiger partial charge in [-0.1, -0.05) is 26.2 Å². The highest BCUT2D eigenvalue weighted by Crippen LogP contribution is 2.28. The fourth-order valence-corrected chi connectivity index (χ4v) is 2.59. The Morgan fingerprint density at radius 3 is 2.78 bits per heavy atom. The molecular weight excluding hydrogens is 226 g/mol. The number of hydrogen-bond acceptors (Lipinski definition) is 2. The quantitative estimate of drug-likeness (QED) is 0.804. The normalized spacial score (nSPS) is 16.1. The molecule has 0 spiro atoms. The Morgan fingerprint density at radius 2 is 2.22 bits per heavy atom. The van der Waals surface area contributed by atoms with E-state index in [0.717, 1.165) is 38.0 Å². The Balaban J connectivity index is 2.10. The highest BCUT2D eigenvalue weighted by Gasteiger charge is 2.28. The summed E-state index contributed by atoms with van der Waals surface area (Å²) in [5.74, 6) is 1.31. The van der Waals surface area contributed by atoms with Gasteiger partial charge in [0.1, 0.15) is 0 Å². The van der Waals surface area contributed by atoms with Crippen molar-refractivity contribution in [2.45, 2.75) is 45.4 Å². The third-order valence-corrected chi connectivity index (χ3v) is 3.68. The summed E-state index contributed by atoms with van der Waals surface area (Å²) >= 11 is 0. The number of anilines is 1. The highest BCUT2D eigenvalue weighted by molar-refractivity contribution is 5.94. The monoisotopic (exact) mass is 249 g/mol. The zero-order chi connectivity index (χ0) is 13.0. The van der Waals surface area contributed by atoms with Gasteiger partial charge in [-0.25, -0.2) is 0 Å². The van der Waals surface area contributed by atoms with Gasteiger partial charge in [0.25, 0.3) is 0 Å². The van der Waals surface area contributed by atoms with Crippen molar-refractivity contribution in [1.82, 2.24) is 9.78 Å². The second kappa shape index (κ2) is 6.03. The maximum atomic E-state index is 12.5. The van der Waals surface area contributed by atoms with E-state index < -0.39 is 0 Å². The van der Waals surface area contributed by atoms with E-state index in [-0.39, 0.29) is 11.8 Å². The van der Waals surface area contributed by atoms with Gasteiger partial charge in [-0.05, 0) is 19.3 Å². The molecule has 0 unspecified atom stereocenters. The summed E-state index contributed by atoms with van der Waals surface area (Å²) in [7, 11) is 1.89. The SMILES string of the molecule is CCCCN(C(=O)C1CCCC1)c1ccn(C)n1. The highest BCUT2D eigenvalue weighted by atomic mass is 16.2. The summed E-state index contributed by atoms with van der Waals surface area (Å²) < 4.78 is 1.76. The number of carbonyl (C=O) groups is 1. The molecule has 1 heterocycles. The molecule has 4 heteroatoms. The average Bonchev–Trinajstić information content (AvgIpc) is 3.00. The zero-order valence-electron chi connectivity index (χ0n) is 11.4. The van der Waals surface area contributed by atoms with E-state index in [9.17, 15) is 4.79 Å². The van der Waals surface area contributed by atoms with Gasteiger partial charge in [-0.3, -0.25) is 14.4 Å². The Labute approximate surface area is 109 Å². The molecule has 0 saturated heterocycles. The van der Waals surface area contributed by atoms with Crippen molar-refractivity contribution in [3.05, 3.63) is 12.3 Å². The molecule has 1 saturated carbocycles. The minimum atomic E-state index is 0.226. The van der Waals surface area contributed by atoms with Crippen molar-refractivity contribution in [2.24, 2.45) is 13.0 Å². The smallest absolute Gasteiger partial charge is 0.231 e. The molecule has 1 fully saturated rings. The van der Waals surface area contributed by atoms with Crippen molar-refractivity contribution < 1.29 is 4.79 Å². The average molecular weight is 249 g/mol. The largest absolute Gasteiger partial charge is 0.295 e. The van der Waals surface area contributed by atoms with Gasteiger partial charge >= 0.3 is 0 Å². The molecule has 1 aromatic heterocycles. The van der Waals surface area contributed by atoms with E-state index >= 15 is 0 Å². The van der Waals surface area contributed by atoms with Crippen molar-refractivity contribution in [3.8, 4) is 0 Å². The van der Waals surface area contributed by atoms with Gasteiger partial charge in [-0.2, -0.15) is 5.10 Å². The Bertz CT molecular complexity index is 393. The number of rotatable bonds is 5. The Hall–Kier alpha value is -1.32. The molecule has 4 nitrogen and oxygen atoms in total. The fraction of sp³-hybridized carbons (Fsp3) is 0.714. The molecule has 0 bridgehead atoms. The third-order valence-electron chi connectivity index (χ3n) is 3.68. The molecule has 100 valence electrons. The summed E-state index contributed by atoms with van der Waals surface area (Å²) in [5, 5.41) is 4.38. The maximum absolute atomic E-state index is 12.5. The number of aryl methyl sites for hydroxylation is 1. The van der Waals surface area contributed by atoms with Crippen LogP contribution in [-0.2, 0) is 11.8 Å². The molecule has 0 N–H and O–H groups in total. The second-order valence-corrected chi connectivity index (χ2v) is 5.17. The van der Waals surface area contributed by atoms with Crippen molar-refractivity contribution >= 4 is 11.7 Å². The maximum Gasteiger partial charge on any atom is 0.231 e. The van der Waals surface area contributed by atoms with E-state index in [2.05, 4.69) is 12.0 Å². The zero-order valence-corrected chi connectivity index (χ0v) is 11.4. The number of amides is 1. The van der Waals surface area contributed by atoms with Crippen LogP contribution in [0.15, 0.2) is 12.3 Å². The van der Waals surface area contributed by atoms with Crippen LogP contribution in [0.25, 0.3) is 0 Å². The molecule has 2 rings (SSSR count). The van der Waals surface area contributed by atoms with Crippen LogP contribution in [0.2, 0.25) is 0 Å². The van der Waals surface area contributed by atoms with Crippen LogP contribution in [-0.4, -0.2) is 22.2 Å². The predicted octanol–water partition coefficient (Wildman–Crippen LogP) is 2.74. The van der Waals surface area contributed by atoms with Crippen LogP contribution in [0, 0.1) is 5.92 Å². The fourth-order valence-electron chi connectivity index (χ4n) is 2.59. The van der Waals surface area contributed by atoms with E-state index in [1.807, 2.05) is 24.2 Å². The lowest BCUT2D eigenvalue weighted by Crippen LogP contribution is -2.36. The molecular formula is C14H23N3O. The first-order valence-electron chi connectivity index (χ1n) is 7.03. The molecule has 1 aliphatic carbocycles. The number of unbranched alkanes of at least 4 members (excludes halogenated alkanes) is 1. The summed E-state index contributed by atoms with van der Waals surface area (Å²) in [6.07, 6.45) is 8.52. The molecule has 0 radical (unpaired) electrons. The van der Waals surface area contributed by atoms with Crippen molar-refractivity contribution in [1.29, 1.82) is 0 Å². The summed E-state index contributed by atoms with van der Waals surface area (Å²) in [6, 6.07) is 1.93. The number of aromatic nitrogens is 2. The first kappa shape index (κ1) is 13.1. The minimum Gasteiger partial charge on any atom is -0.295 e. The first-order chi connectivity index (χ1) is 8.72. The standard InChI is InChI=1S/C14H23N3O/c1-3-4-10-17(13-9-11-16(2)15-13)14(18)12-7-5-6-8-12/h9,11-12H,3-8,10H2,1-2H3. The van der Waals surface area contributed by atoms with Gasteiger partial charge in [0.05, 0.1) is 0 Å². The Morgan fingerprint density at radius 1 is 1.50 bits per heavy atom. The van der Waals surface area contributed by atoms with Crippen LogP contribution in [0.4, 0.5) is 5.82 Å². The number of hydrogen-bond donors (Lipinski definition) is 0. The van der Waals surface area contributed by atoms with Gasteiger partial charge in [0.2, 0.25) is 5.91 Å². The first-order valence-corrected chi connectivity index (χ1v) is 7.03. The van der Waals surface area contributed by atoms with Gasteiger partial charge < -0.3 is 0 Å². The number of carbonyl (C=O) groups excluding carboxylic acids is 1. The number of nitrogens with zero attached hydrogens (tertiary/aromatic N) is 3. The predicted molar refractivity (Wildman–Crippen MR) is 72.4 cm³/mol. The van der Waals surface area contributed by atoms with Gasteiger partial charge in [0.15, 0.2) is 5.82 Å². The topological polar surface area (TPSA) is 38.1 Å². The molecule has 0 aromatic carbocycles. The summed E-state index contributed by atoms with van der Waals surface area (Å²) in [4.78, 5) is 14.4. The van der Waals surface area contributed by atoms with Crippen LogP contribution in [0.5, 0.6) is 0 Å². The third kappa shape index (κ3) is 2.92. The molecule has 1 aliphatic rings. The van der Waals surface area contributed by atoms with Crippen LogP contribution in [0.3, 0.4) is 0 Å². The molecule has 0 aliphatic heterocycles. The second-order valence-electron chi connectivity index (χ2n) is 5.17. The molecule has 0 atom stereocenters. The van der Waals surface area contributed by atoms with Crippen molar-refractivity contribution in [3.63, 3.8) is 0 Å². The van der Waals surface area contributed by atoms with E-state index in [0.29, 0.717) is 0 Å². The van der Waals surface area contributed by atoms with E-state index in [4.69, 9.17) is 0 Å². The lowest BCUT2D eigenvalue weighted by atomic mass is 10.1. The summed E-state index contributed by atoms with van der Waals surface area (Å²) in [6.45, 7) is 2.94. The van der Waals surface area contributed by atoms with Crippen molar-refractivity contribution in [2.75, 3.05) is 11.4 Å². The van der Waals surface area contributed by atoms with Crippen LogP contribution < -0.4 is 4.90 Å². The summed E-state index contributed by atoms with van der Waals surface area (Å²) in [5.41, 5.74) is 0. The molecule has 18 heavy (non-hydrogen) atoms. The Kier molecular flexibility index (Phi) is 4.39. The van der Waals surface area contributed by atoms with Crippen LogP contribution >= 0.6 is 0 Å². The van der Waals surface area contributed by atoms with E-state index in [1.165, 1.54) is 12.8 Å². The van der Waals surface area contributed by atoms with E-state index in [1.54, 1.807) is 4.68 Å². The lowest BCUT2D eigenvalue weighted by Gasteiger charge is -2.23. The molecule has 1 amide bonds. The van der Waals surface area contributed by atoms with Gasteiger partial charge in [0, 0.05) is 31.8 Å². The van der Waals surface area contributed by atoms with Gasteiger partial charge in [-0.15, -0.1) is 0 Å². The van der Waals surface area contributed by atoms with Crippen LogP contribution in [0.1, 0.15) is 45.4 Å². The molecule has 1 aromatic rings. The lowest BCUT2D eigenvalue weighted by molar-refractivity contribution is -0.122.